The van der Waals surface area contributed by atoms with Gasteiger partial charge in [0.1, 0.15) is 5.82 Å². The maximum absolute atomic E-state index is 12.2. The van der Waals surface area contributed by atoms with Crippen molar-refractivity contribution in [3.63, 3.8) is 0 Å². The van der Waals surface area contributed by atoms with E-state index in [1.807, 2.05) is 30.3 Å². The van der Waals surface area contributed by atoms with Gasteiger partial charge in [-0.3, -0.25) is 9.78 Å². The molecule has 1 fully saturated rings. The first-order valence-electron chi connectivity index (χ1n) is 9.93. The summed E-state index contributed by atoms with van der Waals surface area (Å²) in [7, 11) is 0. The number of fused-ring (bicyclic) bond motifs is 1. The monoisotopic (exact) mass is 362 g/mol. The fourth-order valence-corrected chi connectivity index (χ4v) is 4.05. The van der Waals surface area contributed by atoms with Crippen LogP contribution in [0.2, 0.25) is 0 Å². The highest BCUT2D eigenvalue weighted by molar-refractivity contribution is 5.80. The van der Waals surface area contributed by atoms with E-state index in [-0.39, 0.29) is 5.91 Å². The zero-order chi connectivity index (χ0) is 18.5. The second kappa shape index (κ2) is 8.33. The van der Waals surface area contributed by atoms with E-state index in [1.54, 1.807) is 12.4 Å². The predicted octanol–water partition coefficient (Wildman–Crippen LogP) is 4.18. The smallest absolute Gasteiger partial charge is 0.220 e. The number of imidazole rings is 1. The highest BCUT2D eigenvalue weighted by Gasteiger charge is 2.16. The Morgan fingerprint density at radius 3 is 2.70 bits per heavy atom. The van der Waals surface area contributed by atoms with Gasteiger partial charge in [0.25, 0.3) is 0 Å². The van der Waals surface area contributed by atoms with Gasteiger partial charge in [0.2, 0.25) is 5.91 Å². The zero-order valence-electron chi connectivity index (χ0n) is 15.6. The summed E-state index contributed by atoms with van der Waals surface area (Å²) in [6.07, 6.45) is 10.5. The van der Waals surface area contributed by atoms with Gasteiger partial charge in [-0.25, -0.2) is 4.98 Å². The maximum Gasteiger partial charge on any atom is 0.220 e. The van der Waals surface area contributed by atoms with E-state index >= 15 is 0 Å². The third-order valence-corrected chi connectivity index (χ3v) is 5.51. The molecule has 5 heteroatoms. The summed E-state index contributed by atoms with van der Waals surface area (Å²) in [5.74, 6) is 1.84. The summed E-state index contributed by atoms with van der Waals surface area (Å²) in [6, 6.07) is 12.1. The highest BCUT2D eigenvalue weighted by Crippen LogP contribution is 2.28. The Bertz CT molecular complexity index is 897. The van der Waals surface area contributed by atoms with E-state index in [2.05, 4.69) is 20.9 Å². The third kappa shape index (κ3) is 4.18. The lowest BCUT2D eigenvalue weighted by Gasteiger charge is -2.12. The fraction of sp³-hybridized carbons (Fsp3) is 0.409. The largest absolute Gasteiger partial charge is 0.354 e. The number of hydrogen-bond donors (Lipinski definition) is 1. The first-order chi connectivity index (χ1) is 13.3. The molecule has 1 aromatic carbocycles. The van der Waals surface area contributed by atoms with Crippen molar-refractivity contribution in [2.45, 2.75) is 45.1 Å². The van der Waals surface area contributed by atoms with Gasteiger partial charge in [-0.2, -0.15) is 0 Å². The van der Waals surface area contributed by atoms with E-state index in [0.29, 0.717) is 19.5 Å². The number of benzene rings is 1. The number of hydrogen-bond acceptors (Lipinski definition) is 3. The van der Waals surface area contributed by atoms with Gasteiger partial charge in [0, 0.05) is 37.5 Å². The van der Waals surface area contributed by atoms with Crippen molar-refractivity contribution in [3.05, 3.63) is 48.8 Å². The van der Waals surface area contributed by atoms with Crippen molar-refractivity contribution in [1.82, 2.24) is 19.9 Å². The van der Waals surface area contributed by atoms with Gasteiger partial charge in [-0.1, -0.05) is 37.8 Å². The van der Waals surface area contributed by atoms with Crippen LogP contribution in [0.15, 0.2) is 48.8 Å². The van der Waals surface area contributed by atoms with Crippen LogP contribution in [-0.4, -0.2) is 27.0 Å². The van der Waals surface area contributed by atoms with Crippen LogP contribution in [0.3, 0.4) is 0 Å². The van der Waals surface area contributed by atoms with Crippen molar-refractivity contribution >= 4 is 16.9 Å². The van der Waals surface area contributed by atoms with E-state index in [1.165, 1.54) is 25.7 Å². The molecule has 1 aliphatic rings. The van der Waals surface area contributed by atoms with Crippen molar-refractivity contribution in [2.75, 3.05) is 6.54 Å². The molecule has 2 aromatic heterocycles. The van der Waals surface area contributed by atoms with Crippen molar-refractivity contribution in [1.29, 1.82) is 0 Å². The van der Waals surface area contributed by atoms with Crippen LogP contribution in [0.5, 0.6) is 0 Å². The van der Waals surface area contributed by atoms with E-state index in [4.69, 9.17) is 4.98 Å². The predicted molar refractivity (Wildman–Crippen MR) is 107 cm³/mol. The molecule has 0 unspecified atom stereocenters. The summed E-state index contributed by atoms with van der Waals surface area (Å²) in [5, 5.41) is 3.09. The van der Waals surface area contributed by atoms with Gasteiger partial charge in [0.15, 0.2) is 0 Å². The lowest BCUT2D eigenvalue weighted by atomic mass is 10.0. The molecule has 5 nitrogen and oxygen atoms in total. The molecule has 2 heterocycles. The standard InChI is InChI=1S/C22H26N4O/c27-21(10-9-17-5-1-2-6-17)24-15-16-26-20-8-4-3-7-19(20)25-22(26)18-11-13-23-14-12-18/h3-4,7-8,11-14,17H,1-2,5-6,9-10,15-16H2,(H,24,27). The molecule has 140 valence electrons. The number of rotatable bonds is 7. The van der Waals surface area contributed by atoms with Crippen LogP contribution in [0.1, 0.15) is 38.5 Å². The highest BCUT2D eigenvalue weighted by atomic mass is 16.1. The summed E-state index contributed by atoms with van der Waals surface area (Å²) in [4.78, 5) is 21.1. The van der Waals surface area contributed by atoms with Gasteiger partial charge >= 0.3 is 0 Å². The van der Waals surface area contributed by atoms with Crippen LogP contribution < -0.4 is 5.32 Å². The maximum atomic E-state index is 12.2. The SMILES string of the molecule is O=C(CCC1CCCC1)NCCn1c(-c2ccncc2)nc2ccccc21. The molecule has 3 aromatic rings. The molecular formula is C22H26N4O. The number of nitrogens with one attached hydrogen (secondary N) is 1. The molecule has 0 bridgehead atoms. The molecule has 0 aliphatic heterocycles. The van der Waals surface area contributed by atoms with E-state index < -0.39 is 0 Å². The molecule has 0 spiro atoms. The number of aromatic nitrogens is 3. The minimum atomic E-state index is 0.164. The lowest BCUT2D eigenvalue weighted by Crippen LogP contribution is -2.27. The van der Waals surface area contributed by atoms with Crippen molar-refractivity contribution in [2.24, 2.45) is 5.92 Å². The number of carbonyl (C=O) groups is 1. The van der Waals surface area contributed by atoms with E-state index in [9.17, 15) is 4.79 Å². The van der Waals surface area contributed by atoms with E-state index in [0.717, 1.165) is 34.8 Å². The fourth-order valence-electron chi connectivity index (χ4n) is 4.05. The molecule has 4 rings (SSSR count). The second-order valence-corrected chi connectivity index (χ2v) is 7.35. The molecule has 1 N–H and O–H groups in total. The topological polar surface area (TPSA) is 59.8 Å². The average Bonchev–Trinajstić information content (AvgIpc) is 3.35. The quantitative estimate of drug-likeness (QED) is 0.686. The number of carbonyl (C=O) groups excluding carboxylic acids is 1. The molecule has 0 radical (unpaired) electrons. The molecule has 1 aliphatic carbocycles. The molecule has 0 saturated heterocycles. The minimum absolute atomic E-state index is 0.164. The molecule has 1 saturated carbocycles. The minimum Gasteiger partial charge on any atom is -0.354 e. The summed E-state index contributed by atoms with van der Waals surface area (Å²) < 4.78 is 2.18. The Kier molecular flexibility index (Phi) is 5.47. The molecule has 1 amide bonds. The molecular weight excluding hydrogens is 336 g/mol. The Balaban J connectivity index is 1.42. The Labute approximate surface area is 159 Å². The van der Waals surface area contributed by atoms with Crippen LogP contribution in [0, 0.1) is 5.92 Å². The number of amides is 1. The zero-order valence-corrected chi connectivity index (χ0v) is 15.6. The van der Waals surface area contributed by atoms with Crippen molar-refractivity contribution < 1.29 is 4.79 Å². The van der Waals surface area contributed by atoms with Crippen LogP contribution in [-0.2, 0) is 11.3 Å². The first kappa shape index (κ1) is 17.7. The number of nitrogens with zero attached hydrogens (tertiary/aromatic N) is 3. The number of pyridine rings is 1. The Morgan fingerprint density at radius 1 is 1.11 bits per heavy atom. The van der Waals surface area contributed by atoms with Crippen molar-refractivity contribution in [3.8, 4) is 11.4 Å². The van der Waals surface area contributed by atoms with Crippen LogP contribution in [0.25, 0.3) is 22.4 Å². The molecule has 27 heavy (non-hydrogen) atoms. The lowest BCUT2D eigenvalue weighted by molar-refractivity contribution is -0.121. The van der Waals surface area contributed by atoms with Crippen LogP contribution >= 0.6 is 0 Å². The van der Waals surface area contributed by atoms with Gasteiger partial charge in [0.05, 0.1) is 11.0 Å². The third-order valence-electron chi connectivity index (χ3n) is 5.51. The second-order valence-electron chi connectivity index (χ2n) is 7.35. The van der Waals surface area contributed by atoms with Gasteiger partial charge in [-0.05, 0) is 36.6 Å². The summed E-state index contributed by atoms with van der Waals surface area (Å²) >= 11 is 0. The summed E-state index contributed by atoms with van der Waals surface area (Å²) in [6.45, 7) is 1.31. The van der Waals surface area contributed by atoms with Crippen LogP contribution in [0.4, 0.5) is 0 Å². The molecule has 0 atom stereocenters. The first-order valence-corrected chi connectivity index (χ1v) is 9.93. The average molecular weight is 362 g/mol. The Morgan fingerprint density at radius 2 is 1.89 bits per heavy atom. The normalized spacial score (nSPS) is 14.7. The summed E-state index contributed by atoms with van der Waals surface area (Å²) in [5.41, 5.74) is 3.09. The Hall–Kier alpha value is -2.69. The van der Waals surface area contributed by atoms with Gasteiger partial charge < -0.3 is 9.88 Å². The number of para-hydroxylation sites is 2. The van der Waals surface area contributed by atoms with Gasteiger partial charge in [-0.15, -0.1) is 0 Å².